The number of fused-ring (bicyclic) bond motifs is 1. The third-order valence-electron chi connectivity index (χ3n) is 5.61. The van der Waals surface area contributed by atoms with Crippen molar-refractivity contribution in [2.45, 2.75) is 39.7 Å². The Morgan fingerprint density at radius 3 is 2.61 bits per heavy atom. The summed E-state index contributed by atoms with van der Waals surface area (Å²) in [5.41, 5.74) is 1.53. The van der Waals surface area contributed by atoms with Crippen LogP contribution in [0.4, 0.5) is 11.5 Å². The van der Waals surface area contributed by atoms with Gasteiger partial charge in [-0.25, -0.2) is 9.97 Å². The van der Waals surface area contributed by atoms with E-state index in [0.717, 1.165) is 38.0 Å². The average molecular weight is 468 g/mol. The first-order valence-corrected chi connectivity index (χ1v) is 11.7. The van der Waals surface area contributed by atoms with E-state index in [-0.39, 0.29) is 11.7 Å². The first-order valence-electron chi connectivity index (χ1n) is 11.3. The Balaban J connectivity index is 1.88. The van der Waals surface area contributed by atoms with Crippen molar-refractivity contribution < 1.29 is 4.92 Å². The molecule has 1 heterocycles. The average Bonchev–Trinajstić information content (AvgIpc) is 2.81. The molecule has 174 valence electrons. The minimum Gasteiger partial charge on any atom is -0.367 e. The maximum atomic E-state index is 11.3. The Bertz CT molecular complexity index is 1130. The van der Waals surface area contributed by atoms with Gasteiger partial charge in [0, 0.05) is 28.6 Å². The van der Waals surface area contributed by atoms with Crippen LogP contribution >= 0.6 is 11.6 Å². The maximum absolute atomic E-state index is 11.3. The molecule has 0 aliphatic rings. The zero-order valence-electron chi connectivity index (χ0n) is 19.3. The second kappa shape index (κ2) is 11.7. The fraction of sp³-hybridized carbons (Fsp3) is 0.360. The Labute approximate surface area is 199 Å². The number of aromatic nitrogens is 2. The molecule has 0 aliphatic heterocycles. The standard InChI is InChI=1S/C25H30ClN5O2/c1-4-30(5-2)16-8-9-18(3)27-25-21-17-20(31(32)33)13-14-23(21)28-24(29-25)15-12-19-10-6-7-11-22(19)26/h6-7,10-15,17-18H,4-5,8-9,16H2,1-3H3,(H,27,28,29). The summed E-state index contributed by atoms with van der Waals surface area (Å²) < 4.78 is 0. The summed E-state index contributed by atoms with van der Waals surface area (Å²) in [6, 6.07) is 12.4. The van der Waals surface area contributed by atoms with E-state index in [2.05, 4.69) is 41.0 Å². The molecular weight excluding hydrogens is 438 g/mol. The smallest absolute Gasteiger partial charge is 0.270 e. The van der Waals surface area contributed by atoms with Crippen LogP contribution in [-0.4, -0.2) is 45.5 Å². The lowest BCUT2D eigenvalue weighted by molar-refractivity contribution is -0.384. The molecule has 8 heteroatoms. The van der Waals surface area contributed by atoms with Crippen LogP contribution in [0.15, 0.2) is 42.5 Å². The van der Waals surface area contributed by atoms with E-state index >= 15 is 0 Å². The molecule has 1 aromatic heterocycles. The molecule has 0 saturated heterocycles. The second-order valence-electron chi connectivity index (χ2n) is 7.96. The van der Waals surface area contributed by atoms with Crippen molar-refractivity contribution in [3.05, 3.63) is 69.0 Å². The van der Waals surface area contributed by atoms with E-state index in [9.17, 15) is 10.1 Å². The summed E-state index contributed by atoms with van der Waals surface area (Å²) in [5.74, 6) is 1.10. The SMILES string of the molecule is CCN(CC)CCCC(C)Nc1nc(C=Cc2ccccc2Cl)nc2ccc([N+](=O)[O-])cc12. The number of nitro groups is 1. The lowest BCUT2D eigenvalue weighted by atomic mass is 10.1. The Morgan fingerprint density at radius 1 is 1.15 bits per heavy atom. The molecule has 1 atom stereocenters. The number of halogens is 1. The normalized spacial score (nSPS) is 12.5. The fourth-order valence-electron chi connectivity index (χ4n) is 3.67. The van der Waals surface area contributed by atoms with Gasteiger partial charge < -0.3 is 10.2 Å². The van der Waals surface area contributed by atoms with Gasteiger partial charge in [0.25, 0.3) is 5.69 Å². The molecule has 1 N–H and O–H groups in total. The number of benzene rings is 2. The predicted molar refractivity (Wildman–Crippen MR) is 137 cm³/mol. The van der Waals surface area contributed by atoms with Crippen molar-refractivity contribution in [2.24, 2.45) is 0 Å². The van der Waals surface area contributed by atoms with Crippen molar-refractivity contribution in [2.75, 3.05) is 25.0 Å². The van der Waals surface area contributed by atoms with Crippen LogP contribution in [0, 0.1) is 10.1 Å². The second-order valence-corrected chi connectivity index (χ2v) is 8.37. The molecule has 2 aromatic carbocycles. The lowest BCUT2D eigenvalue weighted by Gasteiger charge is -2.20. The highest BCUT2D eigenvalue weighted by Gasteiger charge is 2.14. The van der Waals surface area contributed by atoms with E-state index in [4.69, 9.17) is 11.6 Å². The number of nitrogens with zero attached hydrogens (tertiary/aromatic N) is 4. The minimum atomic E-state index is -0.401. The highest BCUT2D eigenvalue weighted by atomic mass is 35.5. The predicted octanol–water partition coefficient (Wildman–Crippen LogP) is 6.28. The molecule has 0 amide bonds. The summed E-state index contributed by atoms with van der Waals surface area (Å²) in [6.45, 7) is 9.57. The number of rotatable bonds is 11. The highest BCUT2D eigenvalue weighted by Crippen LogP contribution is 2.27. The molecule has 7 nitrogen and oxygen atoms in total. The first-order chi connectivity index (χ1) is 15.9. The van der Waals surface area contributed by atoms with E-state index in [0.29, 0.717) is 27.6 Å². The summed E-state index contributed by atoms with van der Waals surface area (Å²) >= 11 is 6.25. The van der Waals surface area contributed by atoms with Crippen LogP contribution in [0.1, 0.15) is 45.0 Å². The number of hydrogen-bond donors (Lipinski definition) is 1. The molecule has 0 radical (unpaired) electrons. The van der Waals surface area contributed by atoms with Crippen LogP contribution in [0.3, 0.4) is 0 Å². The van der Waals surface area contributed by atoms with Crippen LogP contribution in [0.5, 0.6) is 0 Å². The molecule has 0 spiro atoms. The van der Waals surface area contributed by atoms with E-state index in [1.165, 1.54) is 12.1 Å². The van der Waals surface area contributed by atoms with Gasteiger partial charge in [-0.1, -0.05) is 43.6 Å². The number of anilines is 1. The topological polar surface area (TPSA) is 84.2 Å². The van der Waals surface area contributed by atoms with Crippen LogP contribution in [-0.2, 0) is 0 Å². The molecule has 0 fully saturated rings. The number of nitrogens with one attached hydrogen (secondary N) is 1. The van der Waals surface area contributed by atoms with E-state index in [1.54, 1.807) is 12.1 Å². The molecule has 3 aromatic rings. The van der Waals surface area contributed by atoms with E-state index in [1.807, 2.05) is 30.3 Å². The van der Waals surface area contributed by atoms with Gasteiger partial charge in [0.15, 0.2) is 5.82 Å². The van der Waals surface area contributed by atoms with Gasteiger partial charge in [-0.2, -0.15) is 0 Å². The van der Waals surface area contributed by atoms with Gasteiger partial charge in [0.1, 0.15) is 5.82 Å². The van der Waals surface area contributed by atoms with Gasteiger partial charge in [0.2, 0.25) is 0 Å². The molecule has 33 heavy (non-hydrogen) atoms. The molecule has 0 bridgehead atoms. The van der Waals surface area contributed by atoms with Gasteiger partial charge in [-0.15, -0.1) is 0 Å². The minimum absolute atomic E-state index is 0.0164. The third kappa shape index (κ3) is 6.73. The Hall–Kier alpha value is -3.03. The first kappa shape index (κ1) is 24.6. The van der Waals surface area contributed by atoms with Crippen LogP contribution in [0.25, 0.3) is 23.1 Å². The lowest BCUT2D eigenvalue weighted by Crippen LogP contribution is -2.25. The molecular formula is C25H30ClN5O2. The summed E-state index contributed by atoms with van der Waals surface area (Å²) in [5, 5.41) is 16.1. The molecule has 0 aliphatic carbocycles. The Kier molecular flexibility index (Phi) is 8.74. The summed E-state index contributed by atoms with van der Waals surface area (Å²) in [7, 11) is 0. The highest BCUT2D eigenvalue weighted by molar-refractivity contribution is 6.32. The van der Waals surface area contributed by atoms with Crippen molar-refractivity contribution >= 4 is 46.2 Å². The van der Waals surface area contributed by atoms with E-state index < -0.39 is 4.92 Å². The van der Waals surface area contributed by atoms with Gasteiger partial charge in [-0.05, 0) is 69.2 Å². The monoisotopic (exact) mass is 467 g/mol. The van der Waals surface area contributed by atoms with Crippen molar-refractivity contribution in [3.8, 4) is 0 Å². The van der Waals surface area contributed by atoms with Crippen LogP contribution in [0.2, 0.25) is 5.02 Å². The zero-order chi connectivity index (χ0) is 23.8. The van der Waals surface area contributed by atoms with Crippen molar-refractivity contribution in [1.82, 2.24) is 14.9 Å². The number of nitro benzene ring substituents is 1. The quantitative estimate of drug-likeness (QED) is 0.263. The molecule has 0 saturated carbocycles. The zero-order valence-corrected chi connectivity index (χ0v) is 20.0. The summed E-state index contributed by atoms with van der Waals surface area (Å²) in [4.78, 5) is 22.6. The summed E-state index contributed by atoms with van der Waals surface area (Å²) in [6.07, 6.45) is 5.68. The maximum Gasteiger partial charge on any atom is 0.270 e. The molecule has 3 rings (SSSR count). The van der Waals surface area contributed by atoms with Gasteiger partial charge in [-0.3, -0.25) is 10.1 Å². The fourth-order valence-corrected chi connectivity index (χ4v) is 3.87. The van der Waals surface area contributed by atoms with Gasteiger partial charge in [0.05, 0.1) is 10.4 Å². The Morgan fingerprint density at radius 2 is 1.91 bits per heavy atom. The van der Waals surface area contributed by atoms with Gasteiger partial charge >= 0.3 is 0 Å². The van der Waals surface area contributed by atoms with Crippen molar-refractivity contribution in [3.63, 3.8) is 0 Å². The number of non-ortho nitro benzene ring substituents is 1. The third-order valence-corrected chi connectivity index (χ3v) is 5.96. The number of hydrogen-bond acceptors (Lipinski definition) is 6. The molecule has 1 unspecified atom stereocenters. The van der Waals surface area contributed by atoms with Crippen molar-refractivity contribution in [1.29, 1.82) is 0 Å². The largest absolute Gasteiger partial charge is 0.367 e. The van der Waals surface area contributed by atoms with Crippen LogP contribution < -0.4 is 5.32 Å².